The molecule has 1 heterocycles. The number of halogens is 1. The summed E-state index contributed by atoms with van der Waals surface area (Å²) in [6.45, 7) is 3.84. The van der Waals surface area contributed by atoms with Crippen LogP contribution in [0.15, 0.2) is 30.6 Å². The monoisotopic (exact) mass is 276 g/mol. The predicted octanol–water partition coefficient (Wildman–Crippen LogP) is 1.85. The number of aromatic nitrogens is 2. The number of carbonyl (C=O) groups excluding carboxylic acids is 1. The van der Waals surface area contributed by atoms with Crippen LogP contribution in [-0.2, 0) is 4.79 Å². The molecule has 1 aromatic carbocycles. The molecule has 106 valence electrons. The summed E-state index contributed by atoms with van der Waals surface area (Å²) in [6, 6.07) is 4.48. The van der Waals surface area contributed by atoms with Crippen LogP contribution in [0.5, 0.6) is 0 Å². The van der Waals surface area contributed by atoms with E-state index < -0.39 is 5.82 Å². The Morgan fingerprint density at radius 2 is 2.30 bits per heavy atom. The van der Waals surface area contributed by atoms with Gasteiger partial charge < -0.3 is 11.1 Å². The third-order valence-corrected chi connectivity index (χ3v) is 2.97. The van der Waals surface area contributed by atoms with Gasteiger partial charge >= 0.3 is 0 Å². The molecule has 2 aromatic rings. The Morgan fingerprint density at radius 3 is 2.85 bits per heavy atom. The number of nitrogens with zero attached hydrogens (tertiary/aromatic N) is 2. The second-order valence-corrected chi connectivity index (χ2v) is 4.75. The second-order valence-electron chi connectivity index (χ2n) is 4.75. The predicted molar refractivity (Wildman–Crippen MR) is 75.1 cm³/mol. The maximum atomic E-state index is 14.0. The van der Waals surface area contributed by atoms with Crippen LogP contribution in [0.3, 0.4) is 0 Å². The van der Waals surface area contributed by atoms with Gasteiger partial charge in [-0.05, 0) is 30.7 Å². The van der Waals surface area contributed by atoms with E-state index in [9.17, 15) is 9.18 Å². The number of benzene rings is 1. The first kappa shape index (κ1) is 14.2. The highest BCUT2D eigenvalue weighted by Crippen LogP contribution is 2.18. The molecule has 20 heavy (non-hydrogen) atoms. The minimum absolute atomic E-state index is 0.227. The van der Waals surface area contributed by atoms with Crippen LogP contribution in [-0.4, -0.2) is 22.2 Å². The zero-order valence-corrected chi connectivity index (χ0v) is 11.4. The van der Waals surface area contributed by atoms with Crippen LogP contribution in [0, 0.1) is 18.7 Å². The SMILES string of the molecule is Cc1cnn(-c2ccc(NC(=O)C(C)CN)cc2F)c1. The van der Waals surface area contributed by atoms with Crippen LogP contribution < -0.4 is 11.1 Å². The molecule has 2 rings (SSSR count). The lowest BCUT2D eigenvalue weighted by Gasteiger charge is -2.11. The third-order valence-electron chi connectivity index (χ3n) is 2.97. The number of anilines is 1. The number of carbonyl (C=O) groups is 1. The molecule has 1 amide bonds. The van der Waals surface area contributed by atoms with Crippen molar-refractivity contribution in [1.82, 2.24) is 9.78 Å². The average molecular weight is 276 g/mol. The number of amides is 1. The molecular formula is C14H17FN4O. The topological polar surface area (TPSA) is 72.9 Å². The van der Waals surface area contributed by atoms with Crippen molar-refractivity contribution in [3.63, 3.8) is 0 Å². The molecular weight excluding hydrogens is 259 g/mol. The fourth-order valence-corrected chi connectivity index (χ4v) is 1.69. The summed E-state index contributed by atoms with van der Waals surface area (Å²) in [6.07, 6.45) is 3.38. The number of nitrogens with two attached hydrogens (primary N) is 1. The number of hydrogen-bond donors (Lipinski definition) is 2. The lowest BCUT2D eigenvalue weighted by molar-refractivity contribution is -0.119. The molecule has 0 aliphatic rings. The Bertz CT molecular complexity index is 623. The first-order chi connectivity index (χ1) is 9.51. The first-order valence-electron chi connectivity index (χ1n) is 6.33. The molecule has 0 fully saturated rings. The summed E-state index contributed by atoms with van der Waals surface area (Å²) in [4.78, 5) is 11.7. The molecule has 0 saturated heterocycles. The van der Waals surface area contributed by atoms with E-state index in [1.54, 1.807) is 31.5 Å². The van der Waals surface area contributed by atoms with Gasteiger partial charge in [-0.15, -0.1) is 0 Å². The van der Waals surface area contributed by atoms with E-state index in [2.05, 4.69) is 10.4 Å². The summed E-state index contributed by atoms with van der Waals surface area (Å²) in [7, 11) is 0. The maximum absolute atomic E-state index is 14.0. The normalized spacial score (nSPS) is 12.2. The molecule has 0 radical (unpaired) electrons. The fraction of sp³-hybridized carbons (Fsp3) is 0.286. The Labute approximate surface area is 116 Å². The molecule has 1 atom stereocenters. The summed E-state index contributed by atoms with van der Waals surface area (Å²) >= 11 is 0. The zero-order chi connectivity index (χ0) is 14.7. The van der Waals surface area contributed by atoms with Gasteiger partial charge in [-0.3, -0.25) is 4.79 Å². The van der Waals surface area contributed by atoms with Gasteiger partial charge in [-0.2, -0.15) is 5.10 Å². The van der Waals surface area contributed by atoms with Gasteiger partial charge in [0.25, 0.3) is 0 Å². The van der Waals surface area contributed by atoms with Crippen LogP contribution in [0.2, 0.25) is 0 Å². The van der Waals surface area contributed by atoms with E-state index in [0.717, 1.165) is 5.56 Å². The van der Waals surface area contributed by atoms with Crippen LogP contribution >= 0.6 is 0 Å². The van der Waals surface area contributed by atoms with Gasteiger partial charge in [0, 0.05) is 24.3 Å². The smallest absolute Gasteiger partial charge is 0.228 e. The minimum Gasteiger partial charge on any atom is -0.330 e. The minimum atomic E-state index is -0.452. The van der Waals surface area contributed by atoms with E-state index in [-0.39, 0.29) is 18.4 Å². The largest absolute Gasteiger partial charge is 0.330 e. The Balaban J connectivity index is 2.20. The van der Waals surface area contributed by atoms with Crippen molar-refractivity contribution in [3.05, 3.63) is 42.0 Å². The highest BCUT2D eigenvalue weighted by atomic mass is 19.1. The Morgan fingerprint density at radius 1 is 1.55 bits per heavy atom. The van der Waals surface area contributed by atoms with E-state index in [1.165, 1.54) is 10.7 Å². The van der Waals surface area contributed by atoms with Gasteiger partial charge in [0.2, 0.25) is 5.91 Å². The Hall–Kier alpha value is -2.21. The quantitative estimate of drug-likeness (QED) is 0.895. The third kappa shape index (κ3) is 3.03. The first-order valence-corrected chi connectivity index (χ1v) is 6.33. The molecule has 0 saturated carbocycles. The van der Waals surface area contributed by atoms with E-state index in [1.807, 2.05) is 6.92 Å². The summed E-state index contributed by atoms with van der Waals surface area (Å²) in [5.74, 6) is -0.993. The molecule has 3 N–H and O–H groups in total. The number of hydrogen-bond acceptors (Lipinski definition) is 3. The molecule has 0 aliphatic carbocycles. The number of rotatable bonds is 4. The van der Waals surface area contributed by atoms with Crippen molar-refractivity contribution in [3.8, 4) is 5.69 Å². The van der Waals surface area contributed by atoms with Gasteiger partial charge in [-0.1, -0.05) is 6.92 Å². The van der Waals surface area contributed by atoms with Crippen molar-refractivity contribution in [2.75, 3.05) is 11.9 Å². The maximum Gasteiger partial charge on any atom is 0.228 e. The number of aryl methyl sites for hydroxylation is 1. The van der Waals surface area contributed by atoms with E-state index >= 15 is 0 Å². The summed E-state index contributed by atoms with van der Waals surface area (Å²) in [5, 5.41) is 6.68. The van der Waals surface area contributed by atoms with Crippen molar-refractivity contribution in [1.29, 1.82) is 0 Å². The average Bonchev–Trinajstić information content (AvgIpc) is 2.84. The van der Waals surface area contributed by atoms with Crippen molar-refractivity contribution < 1.29 is 9.18 Å². The fourth-order valence-electron chi connectivity index (χ4n) is 1.69. The highest BCUT2D eigenvalue weighted by Gasteiger charge is 2.12. The van der Waals surface area contributed by atoms with Crippen molar-refractivity contribution in [2.24, 2.45) is 11.7 Å². The highest BCUT2D eigenvalue weighted by molar-refractivity contribution is 5.92. The second kappa shape index (κ2) is 5.83. The van der Waals surface area contributed by atoms with Gasteiger partial charge in [-0.25, -0.2) is 9.07 Å². The standard InChI is InChI=1S/C14H17FN4O/c1-9-7-17-19(8-9)13-4-3-11(5-12(13)15)18-14(20)10(2)6-16/h3-5,7-8,10H,6,16H2,1-2H3,(H,18,20). The molecule has 1 aromatic heterocycles. The molecule has 6 heteroatoms. The lowest BCUT2D eigenvalue weighted by Crippen LogP contribution is -2.26. The Kier molecular flexibility index (Phi) is 4.14. The van der Waals surface area contributed by atoms with E-state index in [0.29, 0.717) is 11.4 Å². The molecule has 0 aliphatic heterocycles. The zero-order valence-electron chi connectivity index (χ0n) is 11.4. The molecule has 0 bridgehead atoms. The summed E-state index contributed by atoms with van der Waals surface area (Å²) < 4.78 is 15.5. The van der Waals surface area contributed by atoms with Gasteiger partial charge in [0.05, 0.1) is 6.20 Å². The van der Waals surface area contributed by atoms with Crippen molar-refractivity contribution >= 4 is 11.6 Å². The molecule has 5 nitrogen and oxygen atoms in total. The lowest BCUT2D eigenvalue weighted by atomic mass is 10.1. The van der Waals surface area contributed by atoms with Gasteiger partial charge in [0.1, 0.15) is 5.69 Å². The summed E-state index contributed by atoms with van der Waals surface area (Å²) in [5.41, 5.74) is 7.09. The van der Waals surface area contributed by atoms with Crippen LogP contribution in [0.1, 0.15) is 12.5 Å². The van der Waals surface area contributed by atoms with Crippen LogP contribution in [0.25, 0.3) is 5.69 Å². The molecule has 1 unspecified atom stereocenters. The van der Waals surface area contributed by atoms with Crippen molar-refractivity contribution in [2.45, 2.75) is 13.8 Å². The van der Waals surface area contributed by atoms with Crippen LogP contribution in [0.4, 0.5) is 10.1 Å². The van der Waals surface area contributed by atoms with Gasteiger partial charge in [0.15, 0.2) is 5.82 Å². The number of nitrogens with one attached hydrogen (secondary N) is 1. The molecule has 0 spiro atoms. The van der Waals surface area contributed by atoms with E-state index in [4.69, 9.17) is 5.73 Å².